The van der Waals surface area contributed by atoms with Gasteiger partial charge in [-0.3, -0.25) is 0 Å². The Morgan fingerprint density at radius 1 is 0.462 bits per heavy atom. The molecule has 0 amide bonds. The third-order valence-corrected chi connectivity index (χ3v) is 10.3. The first kappa shape index (κ1) is 30.0. The molecule has 0 N–H and O–H groups in total. The molecule has 0 radical (unpaired) electrons. The van der Waals surface area contributed by atoms with E-state index < -0.39 is 0 Å². The van der Waals surface area contributed by atoms with Crippen molar-refractivity contribution in [1.82, 2.24) is 14.2 Å². The van der Waals surface area contributed by atoms with E-state index in [1.165, 1.54) is 38.1 Å². The van der Waals surface area contributed by atoms with Crippen molar-refractivity contribution < 1.29 is 0 Å². The van der Waals surface area contributed by atoms with Gasteiger partial charge in [-0.2, -0.15) is 5.10 Å². The second-order valence-electron chi connectivity index (χ2n) is 13.3. The van der Waals surface area contributed by atoms with Gasteiger partial charge in [-0.25, -0.2) is 4.52 Å². The van der Waals surface area contributed by atoms with Gasteiger partial charge >= 0.3 is 0 Å². The fourth-order valence-corrected chi connectivity index (χ4v) is 7.87. The normalized spacial score (nSPS) is 11.6. The largest absolute Gasteiger partial charge is 0.310 e. The molecule has 52 heavy (non-hydrogen) atoms. The minimum Gasteiger partial charge on any atom is -0.310 e. The average molecular weight is 667 g/mol. The lowest BCUT2D eigenvalue weighted by Gasteiger charge is -2.26. The number of hydrogen-bond donors (Lipinski definition) is 0. The maximum absolute atomic E-state index is 5.29. The van der Waals surface area contributed by atoms with E-state index in [9.17, 15) is 0 Å². The standard InChI is InChI=1S/C48H34N4/c1-33-47(49-52-46(34-15-5-2-6-16-34)31-36-17-11-12-22-41(36)48(33)52)35-25-27-39(28-26-35)50(37-18-7-3-8-19-37)40-29-30-45-43(32-40)42-23-13-14-24-44(42)51(45)38-20-9-4-10-21-38/h2-32H,1H3. The van der Waals surface area contributed by atoms with Gasteiger partial charge < -0.3 is 9.47 Å². The zero-order valence-electron chi connectivity index (χ0n) is 28.7. The van der Waals surface area contributed by atoms with E-state index in [0.717, 1.165) is 50.8 Å². The van der Waals surface area contributed by atoms with Crippen LogP contribution in [0.15, 0.2) is 188 Å². The molecule has 0 fully saturated rings. The number of hydrogen-bond acceptors (Lipinski definition) is 2. The van der Waals surface area contributed by atoms with Crippen LogP contribution in [0.3, 0.4) is 0 Å². The lowest BCUT2D eigenvalue weighted by atomic mass is 10.0. The van der Waals surface area contributed by atoms with Crippen LogP contribution < -0.4 is 4.90 Å². The van der Waals surface area contributed by atoms with Crippen molar-refractivity contribution in [3.8, 4) is 28.2 Å². The van der Waals surface area contributed by atoms with Gasteiger partial charge in [-0.05, 0) is 79.0 Å². The topological polar surface area (TPSA) is 25.5 Å². The Kier molecular flexibility index (Phi) is 7.00. The van der Waals surface area contributed by atoms with Crippen LogP contribution >= 0.6 is 0 Å². The molecule has 0 saturated heterocycles. The Morgan fingerprint density at radius 2 is 1.06 bits per heavy atom. The maximum Gasteiger partial charge on any atom is 0.0963 e. The highest BCUT2D eigenvalue weighted by Crippen LogP contribution is 2.41. The molecule has 7 aromatic carbocycles. The third-order valence-electron chi connectivity index (χ3n) is 10.3. The molecule has 4 nitrogen and oxygen atoms in total. The van der Waals surface area contributed by atoms with Crippen molar-refractivity contribution in [3.05, 3.63) is 194 Å². The van der Waals surface area contributed by atoms with Crippen LogP contribution in [-0.4, -0.2) is 14.2 Å². The fraction of sp³-hybridized carbons (Fsp3) is 0.0208. The van der Waals surface area contributed by atoms with E-state index in [1.54, 1.807) is 0 Å². The molecule has 0 atom stereocenters. The molecule has 0 spiro atoms. The Labute approximate surface area is 302 Å². The zero-order valence-corrected chi connectivity index (χ0v) is 28.7. The van der Waals surface area contributed by atoms with Gasteiger partial charge in [-0.1, -0.05) is 121 Å². The van der Waals surface area contributed by atoms with Gasteiger partial charge in [0.25, 0.3) is 0 Å². The van der Waals surface area contributed by atoms with Gasteiger partial charge in [0.05, 0.1) is 27.9 Å². The molecule has 3 aromatic heterocycles. The molecule has 10 rings (SSSR count). The van der Waals surface area contributed by atoms with Crippen LogP contribution in [0.2, 0.25) is 0 Å². The van der Waals surface area contributed by atoms with E-state index in [-0.39, 0.29) is 0 Å². The third kappa shape index (κ3) is 4.80. The van der Waals surface area contributed by atoms with Crippen molar-refractivity contribution in [2.24, 2.45) is 0 Å². The first-order valence-corrected chi connectivity index (χ1v) is 17.7. The lowest BCUT2D eigenvalue weighted by molar-refractivity contribution is 0.979. The van der Waals surface area contributed by atoms with Crippen LogP contribution in [0, 0.1) is 6.92 Å². The summed E-state index contributed by atoms with van der Waals surface area (Å²) < 4.78 is 4.49. The molecule has 246 valence electrons. The van der Waals surface area contributed by atoms with Crippen LogP contribution in [0.25, 0.3) is 66.3 Å². The molecule has 4 heteroatoms. The van der Waals surface area contributed by atoms with E-state index in [1.807, 2.05) is 0 Å². The summed E-state index contributed by atoms with van der Waals surface area (Å²) in [5, 5.41) is 10.2. The van der Waals surface area contributed by atoms with Gasteiger partial charge in [0.1, 0.15) is 0 Å². The summed E-state index contributed by atoms with van der Waals surface area (Å²) >= 11 is 0. The number of fused-ring (bicyclic) bond motifs is 6. The monoisotopic (exact) mass is 666 g/mol. The number of aromatic nitrogens is 3. The highest BCUT2D eigenvalue weighted by molar-refractivity contribution is 6.10. The number of anilines is 3. The van der Waals surface area contributed by atoms with Crippen molar-refractivity contribution >= 4 is 55.2 Å². The van der Waals surface area contributed by atoms with Gasteiger partial charge in [0, 0.05) is 55.6 Å². The quantitative estimate of drug-likeness (QED) is 0.176. The van der Waals surface area contributed by atoms with Crippen molar-refractivity contribution in [3.63, 3.8) is 0 Å². The van der Waals surface area contributed by atoms with E-state index in [2.05, 4.69) is 209 Å². The fourth-order valence-electron chi connectivity index (χ4n) is 7.87. The van der Waals surface area contributed by atoms with Gasteiger partial charge in [-0.15, -0.1) is 0 Å². The zero-order chi connectivity index (χ0) is 34.6. The van der Waals surface area contributed by atoms with Gasteiger partial charge in [0.15, 0.2) is 0 Å². The summed E-state index contributed by atoms with van der Waals surface area (Å²) in [5.74, 6) is 0. The van der Waals surface area contributed by atoms with E-state index >= 15 is 0 Å². The van der Waals surface area contributed by atoms with Crippen LogP contribution in [0.1, 0.15) is 5.56 Å². The van der Waals surface area contributed by atoms with Crippen LogP contribution in [0.4, 0.5) is 17.1 Å². The molecule has 3 heterocycles. The Bertz CT molecular complexity index is 2890. The summed E-state index contributed by atoms with van der Waals surface area (Å²) in [7, 11) is 0. The second kappa shape index (κ2) is 12.1. The molecular weight excluding hydrogens is 633 g/mol. The number of nitrogens with zero attached hydrogens (tertiary/aromatic N) is 4. The first-order valence-electron chi connectivity index (χ1n) is 17.7. The summed E-state index contributed by atoms with van der Waals surface area (Å²) in [4.78, 5) is 2.34. The summed E-state index contributed by atoms with van der Waals surface area (Å²) in [6.45, 7) is 2.20. The minimum absolute atomic E-state index is 0.987. The highest BCUT2D eigenvalue weighted by atomic mass is 15.2. The maximum atomic E-state index is 5.29. The molecule has 0 unspecified atom stereocenters. The summed E-state index contributed by atoms with van der Waals surface area (Å²) in [5.41, 5.74) is 13.4. The SMILES string of the molecule is Cc1c(-c2ccc(N(c3ccccc3)c3ccc4c(c3)c3ccccc3n4-c3ccccc3)cc2)nn2c(-c3ccccc3)cc3ccccc3c12. The Balaban J connectivity index is 1.11. The number of aryl methyl sites for hydroxylation is 1. The lowest BCUT2D eigenvalue weighted by Crippen LogP contribution is -2.09. The molecule has 0 aliphatic heterocycles. The van der Waals surface area contributed by atoms with Crippen molar-refractivity contribution in [2.75, 3.05) is 4.90 Å². The number of benzene rings is 7. The van der Waals surface area contributed by atoms with Crippen molar-refractivity contribution in [1.29, 1.82) is 0 Å². The summed E-state index contributed by atoms with van der Waals surface area (Å²) in [6.07, 6.45) is 0. The first-order chi connectivity index (χ1) is 25.7. The van der Waals surface area contributed by atoms with Crippen LogP contribution in [-0.2, 0) is 0 Å². The number of pyridine rings is 1. The van der Waals surface area contributed by atoms with Gasteiger partial charge in [0.2, 0.25) is 0 Å². The molecule has 0 saturated carbocycles. The average Bonchev–Trinajstić information content (AvgIpc) is 3.74. The predicted octanol–water partition coefficient (Wildman–Crippen LogP) is 12.7. The van der Waals surface area contributed by atoms with E-state index in [0.29, 0.717) is 0 Å². The van der Waals surface area contributed by atoms with E-state index in [4.69, 9.17) is 5.10 Å². The summed E-state index contributed by atoms with van der Waals surface area (Å²) in [6, 6.07) is 67.0. The molecule has 10 aromatic rings. The van der Waals surface area contributed by atoms with Crippen LogP contribution in [0.5, 0.6) is 0 Å². The Morgan fingerprint density at radius 3 is 1.83 bits per heavy atom. The Hall–Kier alpha value is -6.91. The molecule has 0 bridgehead atoms. The molecular formula is C48H34N4. The number of para-hydroxylation sites is 3. The molecule has 0 aliphatic rings. The number of rotatable bonds is 6. The highest BCUT2D eigenvalue weighted by Gasteiger charge is 2.20. The second-order valence-corrected chi connectivity index (χ2v) is 13.3. The minimum atomic E-state index is 0.987. The molecule has 0 aliphatic carbocycles. The predicted molar refractivity (Wildman–Crippen MR) is 217 cm³/mol. The van der Waals surface area contributed by atoms with Crippen molar-refractivity contribution in [2.45, 2.75) is 6.92 Å². The smallest absolute Gasteiger partial charge is 0.0963 e.